The Morgan fingerprint density at radius 3 is 2.76 bits per heavy atom. The van der Waals surface area contributed by atoms with E-state index in [0.29, 0.717) is 12.0 Å². The van der Waals surface area contributed by atoms with E-state index in [9.17, 15) is 8.42 Å². The van der Waals surface area contributed by atoms with Crippen LogP contribution in [0.5, 0.6) is 0 Å². The zero-order chi connectivity index (χ0) is 15.0. The lowest BCUT2D eigenvalue weighted by molar-refractivity contribution is 0.244. The number of hydrogen-bond donors (Lipinski definition) is 1. The molecule has 1 aromatic rings. The average molecular weight is 329 g/mol. The molecule has 2 fully saturated rings. The van der Waals surface area contributed by atoms with E-state index in [0.717, 1.165) is 24.4 Å². The van der Waals surface area contributed by atoms with E-state index >= 15 is 0 Å². The highest BCUT2D eigenvalue weighted by Gasteiger charge is 2.37. The number of sulfone groups is 1. The lowest BCUT2D eigenvalue weighted by Crippen LogP contribution is -2.47. The smallest absolute Gasteiger partial charge is 0.184 e. The van der Waals surface area contributed by atoms with Gasteiger partial charge in [-0.25, -0.2) is 8.42 Å². The Morgan fingerprint density at radius 1 is 1.29 bits per heavy atom. The van der Waals surface area contributed by atoms with Crippen LogP contribution in [-0.4, -0.2) is 31.1 Å². The minimum atomic E-state index is -3.32. The van der Waals surface area contributed by atoms with Crippen LogP contribution in [0.25, 0.3) is 0 Å². The molecule has 1 aliphatic heterocycles. The number of piperidine rings is 1. The number of rotatable bonds is 3. The molecule has 1 saturated carbocycles. The van der Waals surface area contributed by atoms with Crippen LogP contribution in [-0.2, 0) is 9.84 Å². The highest BCUT2D eigenvalue weighted by atomic mass is 32.2. The summed E-state index contributed by atoms with van der Waals surface area (Å²) < 4.78 is 28.9. The maximum Gasteiger partial charge on any atom is 0.184 e. The molecule has 1 aromatic heterocycles. The first-order valence-electron chi connectivity index (χ1n) is 7.79. The number of anilines is 2. The van der Waals surface area contributed by atoms with Crippen LogP contribution in [0.2, 0.25) is 0 Å². The monoisotopic (exact) mass is 329 g/mol. The molecular weight excluding hydrogens is 306 g/mol. The molecule has 3 rings (SSSR count). The minimum Gasteiger partial charge on any atom is -0.382 e. The van der Waals surface area contributed by atoms with E-state index in [4.69, 9.17) is 5.73 Å². The van der Waals surface area contributed by atoms with E-state index in [-0.39, 0.29) is 16.5 Å². The molecule has 7 heteroatoms. The van der Waals surface area contributed by atoms with Crippen LogP contribution >= 0.6 is 11.5 Å². The summed E-state index contributed by atoms with van der Waals surface area (Å²) in [5.41, 5.74) is 5.87. The SMILES string of the molecule is CCS(=O)(=O)c1c(N)nsc1N1CCCC2CCCCC21. The zero-order valence-corrected chi connectivity index (χ0v) is 14.0. The van der Waals surface area contributed by atoms with E-state index < -0.39 is 9.84 Å². The summed E-state index contributed by atoms with van der Waals surface area (Å²) in [5.74, 6) is 0.952. The van der Waals surface area contributed by atoms with Crippen molar-refractivity contribution in [1.82, 2.24) is 4.37 Å². The molecule has 21 heavy (non-hydrogen) atoms. The van der Waals surface area contributed by atoms with Gasteiger partial charge >= 0.3 is 0 Å². The second kappa shape index (κ2) is 5.76. The Morgan fingerprint density at radius 2 is 2.00 bits per heavy atom. The van der Waals surface area contributed by atoms with Crippen molar-refractivity contribution in [2.24, 2.45) is 5.92 Å². The Kier molecular flexibility index (Phi) is 4.14. The van der Waals surface area contributed by atoms with Gasteiger partial charge < -0.3 is 10.6 Å². The summed E-state index contributed by atoms with van der Waals surface area (Å²) >= 11 is 1.25. The van der Waals surface area contributed by atoms with Crippen LogP contribution in [0, 0.1) is 5.92 Å². The number of nitrogen functional groups attached to an aromatic ring is 1. The summed E-state index contributed by atoms with van der Waals surface area (Å²) in [7, 11) is -3.32. The number of nitrogens with zero attached hydrogens (tertiary/aromatic N) is 2. The van der Waals surface area contributed by atoms with Crippen LogP contribution in [0.15, 0.2) is 4.90 Å². The van der Waals surface area contributed by atoms with Crippen LogP contribution in [0.1, 0.15) is 45.4 Å². The molecule has 2 aliphatic rings. The van der Waals surface area contributed by atoms with Crippen molar-refractivity contribution >= 4 is 32.2 Å². The molecule has 0 radical (unpaired) electrons. The number of fused-ring (bicyclic) bond motifs is 1. The van der Waals surface area contributed by atoms with Gasteiger partial charge in [0.15, 0.2) is 15.7 Å². The first-order valence-corrected chi connectivity index (χ1v) is 10.2. The van der Waals surface area contributed by atoms with Gasteiger partial charge in [-0.2, -0.15) is 4.37 Å². The summed E-state index contributed by atoms with van der Waals surface area (Å²) in [5, 5.41) is 0.783. The highest BCUT2D eigenvalue weighted by molar-refractivity contribution is 7.91. The fraction of sp³-hybridized carbons (Fsp3) is 0.786. The van der Waals surface area contributed by atoms with E-state index in [2.05, 4.69) is 9.27 Å². The molecule has 2 unspecified atom stereocenters. The van der Waals surface area contributed by atoms with Gasteiger partial charge in [0.1, 0.15) is 9.90 Å². The molecule has 118 valence electrons. The van der Waals surface area contributed by atoms with E-state index in [1.54, 1.807) is 6.92 Å². The van der Waals surface area contributed by atoms with Crippen molar-refractivity contribution in [3.8, 4) is 0 Å². The topological polar surface area (TPSA) is 76.3 Å². The van der Waals surface area contributed by atoms with Gasteiger partial charge in [0.2, 0.25) is 0 Å². The van der Waals surface area contributed by atoms with Gasteiger partial charge in [0, 0.05) is 12.6 Å². The third kappa shape index (κ3) is 2.65. The number of nitrogens with two attached hydrogens (primary N) is 1. The predicted molar refractivity (Wildman–Crippen MR) is 86.6 cm³/mol. The first-order chi connectivity index (χ1) is 10.0. The normalized spacial score (nSPS) is 26.6. The quantitative estimate of drug-likeness (QED) is 0.922. The lowest BCUT2D eigenvalue weighted by Gasteiger charge is -2.44. The van der Waals surface area contributed by atoms with E-state index in [1.165, 1.54) is 37.2 Å². The van der Waals surface area contributed by atoms with E-state index in [1.807, 2.05) is 0 Å². The standard InChI is InChI=1S/C14H23N3O2S2/c1-2-21(18,19)12-13(15)16-20-14(12)17-9-5-7-10-6-3-4-8-11(10)17/h10-11H,2-9H2,1H3,(H2,15,16). The third-order valence-electron chi connectivity index (χ3n) is 4.85. The highest BCUT2D eigenvalue weighted by Crippen LogP contribution is 2.43. The Hall–Kier alpha value is -0.820. The fourth-order valence-electron chi connectivity index (χ4n) is 3.78. The molecule has 1 saturated heterocycles. The molecule has 0 bridgehead atoms. The van der Waals surface area contributed by atoms with Gasteiger partial charge in [0.05, 0.1) is 5.75 Å². The van der Waals surface area contributed by atoms with Crippen molar-refractivity contribution in [3.63, 3.8) is 0 Å². The molecule has 2 heterocycles. The summed E-state index contributed by atoms with van der Waals surface area (Å²) in [6, 6.07) is 0.471. The van der Waals surface area contributed by atoms with Gasteiger partial charge in [0.25, 0.3) is 0 Å². The lowest BCUT2D eigenvalue weighted by atomic mass is 9.78. The zero-order valence-electron chi connectivity index (χ0n) is 12.4. The molecule has 2 N–H and O–H groups in total. The molecule has 5 nitrogen and oxygen atoms in total. The van der Waals surface area contributed by atoms with Crippen LogP contribution < -0.4 is 10.6 Å². The number of aromatic nitrogens is 1. The summed E-state index contributed by atoms with van der Waals surface area (Å²) in [6.45, 7) is 2.59. The second-order valence-electron chi connectivity index (χ2n) is 6.05. The van der Waals surface area contributed by atoms with Crippen molar-refractivity contribution in [2.45, 2.75) is 56.4 Å². The first kappa shape index (κ1) is 15.1. The predicted octanol–water partition coefficient (Wildman–Crippen LogP) is 2.68. The molecule has 2 atom stereocenters. The fourth-order valence-corrected chi connectivity index (χ4v) is 6.16. The largest absolute Gasteiger partial charge is 0.382 e. The van der Waals surface area contributed by atoms with Crippen LogP contribution in [0.4, 0.5) is 10.8 Å². The molecular formula is C14H23N3O2S2. The minimum absolute atomic E-state index is 0.0740. The summed E-state index contributed by atoms with van der Waals surface area (Å²) in [4.78, 5) is 2.57. The molecule has 1 aliphatic carbocycles. The molecule has 0 aromatic carbocycles. The van der Waals surface area contributed by atoms with Crippen molar-refractivity contribution in [3.05, 3.63) is 0 Å². The van der Waals surface area contributed by atoms with Gasteiger partial charge in [-0.1, -0.05) is 19.8 Å². The maximum absolute atomic E-state index is 12.4. The van der Waals surface area contributed by atoms with Crippen molar-refractivity contribution < 1.29 is 8.42 Å². The van der Waals surface area contributed by atoms with Gasteiger partial charge in [-0.05, 0) is 43.1 Å². The Balaban J connectivity index is 2.00. The number of hydrogen-bond acceptors (Lipinski definition) is 6. The molecule has 0 amide bonds. The van der Waals surface area contributed by atoms with Crippen molar-refractivity contribution in [1.29, 1.82) is 0 Å². The van der Waals surface area contributed by atoms with Gasteiger partial charge in [-0.3, -0.25) is 0 Å². The molecule has 0 spiro atoms. The average Bonchev–Trinajstić information content (AvgIpc) is 2.89. The Bertz CT molecular complexity index is 610. The van der Waals surface area contributed by atoms with Gasteiger partial charge in [-0.15, -0.1) is 0 Å². The van der Waals surface area contributed by atoms with Crippen molar-refractivity contribution in [2.75, 3.05) is 22.9 Å². The van der Waals surface area contributed by atoms with Crippen LogP contribution in [0.3, 0.4) is 0 Å². The second-order valence-corrected chi connectivity index (χ2v) is 9.02. The summed E-state index contributed by atoms with van der Waals surface area (Å²) in [6.07, 6.45) is 7.37. The third-order valence-corrected chi connectivity index (χ3v) is 7.67. The maximum atomic E-state index is 12.4. The Labute approximate surface area is 130 Å².